The quantitative estimate of drug-likeness (QED) is 0.272. The van der Waals surface area contributed by atoms with Crippen molar-refractivity contribution in [1.82, 2.24) is 4.90 Å². The van der Waals surface area contributed by atoms with Gasteiger partial charge in [0.15, 0.2) is 0 Å². The maximum absolute atomic E-state index is 12.8. The van der Waals surface area contributed by atoms with Gasteiger partial charge in [-0.05, 0) is 66.1 Å². The predicted molar refractivity (Wildman–Crippen MR) is 128 cm³/mol. The number of piperidine rings is 1. The van der Waals surface area contributed by atoms with Gasteiger partial charge in [0.05, 0.1) is 5.56 Å². The van der Waals surface area contributed by atoms with Crippen molar-refractivity contribution in [3.63, 3.8) is 0 Å². The van der Waals surface area contributed by atoms with Crippen molar-refractivity contribution in [2.75, 3.05) is 13.1 Å². The molecular formula is C28H29NO4. The van der Waals surface area contributed by atoms with E-state index in [4.69, 9.17) is 4.74 Å². The van der Waals surface area contributed by atoms with E-state index in [-0.39, 0.29) is 11.9 Å². The molecule has 0 aromatic heterocycles. The summed E-state index contributed by atoms with van der Waals surface area (Å²) < 4.78 is 5.66. The second-order valence-corrected chi connectivity index (χ2v) is 8.64. The highest BCUT2D eigenvalue weighted by Crippen LogP contribution is 2.23. The van der Waals surface area contributed by atoms with Gasteiger partial charge in [0.25, 0.3) is 0 Å². The third-order valence-electron chi connectivity index (χ3n) is 6.37. The molecule has 0 aliphatic carbocycles. The lowest BCUT2D eigenvalue weighted by Crippen LogP contribution is -2.38. The van der Waals surface area contributed by atoms with Crippen LogP contribution in [0.5, 0.6) is 5.75 Å². The number of ether oxygens (including phenoxy) is 1. The molecule has 1 fully saturated rings. The van der Waals surface area contributed by atoms with E-state index in [1.54, 1.807) is 12.1 Å². The van der Waals surface area contributed by atoms with Crippen LogP contribution in [0.15, 0.2) is 66.7 Å². The number of amides is 1. The Bertz CT molecular complexity index is 1130. The first-order chi connectivity index (χ1) is 16.1. The van der Waals surface area contributed by atoms with Gasteiger partial charge in [0.2, 0.25) is 5.91 Å². The fourth-order valence-electron chi connectivity index (χ4n) is 4.49. The van der Waals surface area contributed by atoms with Crippen molar-refractivity contribution in [2.24, 2.45) is 5.92 Å². The lowest BCUT2D eigenvalue weighted by molar-refractivity contribution is -0.132. The van der Waals surface area contributed by atoms with Crippen LogP contribution >= 0.6 is 0 Å². The van der Waals surface area contributed by atoms with Gasteiger partial charge in [0, 0.05) is 25.9 Å². The number of nitrogens with zero attached hydrogens (tertiary/aromatic N) is 1. The molecule has 1 amide bonds. The number of fused-ring (bicyclic) bond motifs is 1. The Labute approximate surface area is 194 Å². The Balaban J connectivity index is 1.30. The average Bonchev–Trinajstić information content (AvgIpc) is 2.84. The van der Waals surface area contributed by atoms with E-state index < -0.39 is 0 Å². The van der Waals surface area contributed by atoms with Crippen LogP contribution in [0.2, 0.25) is 0 Å². The van der Waals surface area contributed by atoms with Crippen LogP contribution in [0.1, 0.15) is 48.0 Å². The molecule has 1 heterocycles. The van der Waals surface area contributed by atoms with Gasteiger partial charge in [-0.3, -0.25) is 4.79 Å². The van der Waals surface area contributed by atoms with Crippen LogP contribution in [0, 0.1) is 5.92 Å². The summed E-state index contributed by atoms with van der Waals surface area (Å²) in [5.74, 6) is 0.732. The highest BCUT2D eigenvalue weighted by atomic mass is 16.5. The van der Waals surface area contributed by atoms with Crippen molar-refractivity contribution in [1.29, 1.82) is 0 Å². The molecule has 1 aliphatic heterocycles. The maximum Gasteiger partial charge on any atom is 0.344 e. The molecule has 1 saturated heterocycles. The summed E-state index contributed by atoms with van der Waals surface area (Å²) in [7, 11) is 0. The minimum atomic E-state index is -0.378. The monoisotopic (exact) mass is 443 g/mol. The SMILES string of the molecule is O=CCC1CCN(C(=O)CCCc2cccc(OC(=O)c3cccc4ccccc34)c2)CC1. The van der Waals surface area contributed by atoms with Gasteiger partial charge in [0.1, 0.15) is 12.0 Å². The third-order valence-corrected chi connectivity index (χ3v) is 6.37. The van der Waals surface area contributed by atoms with Crippen LogP contribution in [0.4, 0.5) is 0 Å². The zero-order chi connectivity index (χ0) is 23.0. The summed E-state index contributed by atoms with van der Waals surface area (Å²) in [6.45, 7) is 1.49. The summed E-state index contributed by atoms with van der Waals surface area (Å²) in [5, 5.41) is 1.87. The van der Waals surface area contributed by atoms with Crippen LogP contribution < -0.4 is 4.74 Å². The molecule has 0 saturated carbocycles. The van der Waals surface area contributed by atoms with Crippen LogP contribution in [-0.4, -0.2) is 36.2 Å². The molecule has 0 radical (unpaired) electrons. The summed E-state index contributed by atoms with van der Waals surface area (Å²) >= 11 is 0. The summed E-state index contributed by atoms with van der Waals surface area (Å²) in [6.07, 6.45) is 5.39. The van der Waals surface area contributed by atoms with E-state index in [0.717, 1.165) is 61.4 Å². The number of likely N-dealkylation sites (tertiary alicyclic amines) is 1. The molecule has 33 heavy (non-hydrogen) atoms. The number of hydrogen-bond acceptors (Lipinski definition) is 4. The summed E-state index contributed by atoms with van der Waals surface area (Å²) in [6, 6.07) is 20.9. The number of carbonyl (C=O) groups is 3. The molecule has 4 rings (SSSR count). The van der Waals surface area contributed by atoms with Gasteiger partial charge >= 0.3 is 5.97 Å². The van der Waals surface area contributed by atoms with Crippen LogP contribution in [0.25, 0.3) is 10.8 Å². The van der Waals surface area contributed by atoms with E-state index in [9.17, 15) is 14.4 Å². The van der Waals surface area contributed by atoms with E-state index in [0.29, 0.717) is 30.1 Å². The lowest BCUT2D eigenvalue weighted by Gasteiger charge is -2.31. The van der Waals surface area contributed by atoms with Crippen molar-refractivity contribution in [2.45, 2.75) is 38.5 Å². The highest BCUT2D eigenvalue weighted by molar-refractivity contribution is 6.05. The smallest absolute Gasteiger partial charge is 0.344 e. The Hall–Kier alpha value is -3.47. The molecule has 3 aromatic carbocycles. The topological polar surface area (TPSA) is 63.7 Å². The van der Waals surface area contributed by atoms with Gasteiger partial charge in [-0.25, -0.2) is 4.79 Å². The first kappa shape index (κ1) is 22.7. The number of aldehydes is 1. The number of benzene rings is 3. The molecule has 0 atom stereocenters. The second kappa shape index (κ2) is 10.9. The van der Waals surface area contributed by atoms with Gasteiger partial charge < -0.3 is 14.4 Å². The average molecular weight is 444 g/mol. The van der Waals surface area contributed by atoms with Gasteiger partial charge in [-0.2, -0.15) is 0 Å². The molecule has 0 N–H and O–H groups in total. The Morgan fingerprint density at radius 1 is 0.970 bits per heavy atom. The Kier molecular flexibility index (Phi) is 7.51. The maximum atomic E-state index is 12.8. The van der Waals surface area contributed by atoms with Crippen LogP contribution in [0.3, 0.4) is 0 Å². The van der Waals surface area contributed by atoms with Crippen molar-refractivity contribution in [3.8, 4) is 5.75 Å². The molecule has 0 spiro atoms. The minimum absolute atomic E-state index is 0.179. The van der Waals surface area contributed by atoms with E-state index in [2.05, 4.69) is 0 Å². The fraction of sp³-hybridized carbons (Fsp3) is 0.321. The third kappa shape index (κ3) is 5.86. The zero-order valence-electron chi connectivity index (χ0n) is 18.7. The molecule has 1 aliphatic rings. The predicted octanol–water partition coefficient (Wildman–Crippen LogP) is 5.21. The molecule has 3 aromatic rings. The largest absolute Gasteiger partial charge is 0.423 e. The molecular weight excluding hydrogens is 414 g/mol. The Morgan fingerprint density at radius 3 is 2.55 bits per heavy atom. The highest BCUT2D eigenvalue weighted by Gasteiger charge is 2.22. The van der Waals surface area contributed by atoms with Crippen LogP contribution in [-0.2, 0) is 16.0 Å². The summed E-state index contributed by atoms with van der Waals surface area (Å²) in [5.41, 5.74) is 1.58. The molecule has 5 heteroatoms. The lowest BCUT2D eigenvalue weighted by atomic mass is 9.94. The fourth-order valence-corrected chi connectivity index (χ4v) is 4.49. The normalized spacial score (nSPS) is 14.2. The van der Waals surface area contributed by atoms with Gasteiger partial charge in [-0.15, -0.1) is 0 Å². The second-order valence-electron chi connectivity index (χ2n) is 8.64. The van der Waals surface area contributed by atoms with Crippen molar-refractivity contribution in [3.05, 3.63) is 77.9 Å². The molecule has 0 unspecified atom stereocenters. The summed E-state index contributed by atoms with van der Waals surface area (Å²) in [4.78, 5) is 37.9. The number of carbonyl (C=O) groups excluding carboxylic acids is 3. The molecule has 170 valence electrons. The van der Waals surface area contributed by atoms with Crippen molar-refractivity contribution < 1.29 is 19.1 Å². The number of esters is 1. The van der Waals surface area contributed by atoms with E-state index in [1.165, 1.54) is 0 Å². The number of rotatable bonds is 8. The molecule has 5 nitrogen and oxygen atoms in total. The number of hydrogen-bond donors (Lipinski definition) is 0. The van der Waals surface area contributed by atoms with Gasteiger partial charge in [-0.1, -0.05) is 48.5 Å². The van der Waals surface area contributed by atoms with E-state index in [1.807, 2.05) is 59.5 Å². The zero-order valence-corrected chi connectivity index (χ0v) is 18.7. The number of aryl methyl sites for hydroxylation is 1. The molecule has 0 bridgehead atoms. The first-order valence-corrected chi connectivity index (χ1v) is 11.6. The first-order valence-electron chi connectivity index (χ1n) is 11.6. The minimum Gasteiger partial charge on any atom is -0.423 e. The standard InChI is InChI=1S/C28H29NO4/c30-19-16-21-14-17-29(18-15-21)27(31)13-4-7-22-6-3-10-24(20-22)33-28(32)26-12-5-9-23-8-1-2-11-25(23)26/h1-3,5-6,8-12,19-21H,4,7,13-18H2. The Morgan fingerprint density at radius 2 is 1.73 bits per heavy atom. The van der Waals surface area contributed by atoms with Crippen molar-refractivity contribution >= 4 is 28.9 Å². The van der Waals surface area contributed by atoms with E-state index >= 15 is 0 Å².